The number of likely N-dealkylation sites (tertiary alicyclic amines) is 1. The van der Waals surface area contributed by atoms with E-state index in [2.05, 4.69) is 21.0 Å². The molecule has 2 aromatic carbocycles. The summed E-state index contributed by atoms with van der Waals surface area (Å²) in [6, 6.07) is 13.5. The van der Waals surface area contributed by atoms with Crippen LogP contribution in [0.5, 0.6) is 5.75 Å². The minimum absolute atomic E-state index is 0.115. The van der Waals surface area contributed by atoms with Crippen molar-refractivity contribution in [1.82, 2.24) is 24.8 Å². The number of para-hydroxylation sites is 1. The van der Waals surface area contributed by atoms with Gasteiger partial charge in [0, 0.05) is 29.4 Å². The second kappa shape index (κ2) is 8.63. The molecule has 1 saturated heterocycles. The number of hydrogen-bond acceptors (Lipinski definition) is 6. The molecule has 8 heteroatoms. The van der Waals surface area contributed by atoms with E-state index in [0.717, 1.165) is 45.9 Å². The summed E-state index contributed by atoms with van der Waals surface area (Å²) in [4.78, 5) is 33.8. The molecule has 0 radical (unpaired) electrons. The maximum absolute atomic E-state index is 13.6. The standard InChI is InChI=1S/C24H23N5O2S/c1-31-16-10-8-15(9-11-16)20-22(26-13-12-25-20)24(30)29-14-4-6-18(29)23-27-17-5-3-7-19(32-2)21(17)28-23/h3,5,7-13,18H,4,6,14H2,1-2H3,(H,27,28). The minimum atomic E-state index is -0.128. The molecule has 32 heavy (non-hydrogen) atoms. The fraction of sp³-hybridized carbons (Fsp3) is 0.250. The zero-order chi connectivity index (χ0) is 22.1. The van der Waals surface area contributed by atoms with E-state index >= 15 is 0 Å². The van der Waals surface area contributed by atoms with Crippen LogP contribution < -0.4 is 4.74 Å². The molecule has 1 fully saturated rings. The second-order valence-corrected chi connectivity index (χ2v) is 8.47. The van der Waals surface area contributed by atoms with Crippen LogP contribution >= 0.6 is 11.8 Å². The van der Waals surface area contributed by atoms with Gasteiger partial charge in [0.2, 0.25) is 0 Å². The Morgan fingerprint density at radius 3 is 2.75 bits per heavy atom. The van der Waals surface area contributed by atoms with Gasteiger partial charge in [-0.15, -0.1) is 11.8 Å². The van der Waals surface area contributed by atoms with Crippen molar-refractivity contribution >= 4 is 28.7 Å². The molecule has 1 aliphatic heterocycles. The van der Waals surface area contributed by atoms with Gasteiger partial charge < -0.3 is 14.6 Å². The Morgan fingerprint density at radius 1 is 1.16 bits per heavy atom. The molecular formula is C24H23N5O2S. The van der Waals surface area contributed by atoms with E-state index < -0.39 is 0 Å². The van der Waals surface area contributed by atoms with E-state index in [1.807, 2.05) is 47.6 Å². The second-order valence-electron chi connectivity index (χ2n) is 7.62. The van der Waals surface area contributed by atoms with Crippen molar-refractivity contribution in [2.45, 2.75) is 23.8 Å². The monoisotopic (exact) mass is 445 g/mol. The average Bonchev–Trinajstić information content (AvgIpc) is 3.50. The molecule has 1 atom stereocenters. The van der Waals surface area contributed by atoms with Gasteiger partial charge in [0.25, 0.3) is 5.91 Å². The fourth-order valence-corrected chi connectivity index (χ4v) is 4.80. The van der Waals surface area contributed by atoms with Crippen molar-refractivity contribution in [2.24, 2.45) is 0 Å². The van der Waals surface area contributed by atoms with Gasteiger partial charge in [-0.25, -0.2) is 9.97 Å². The molecule has 4 aromatic rings. The Balaban J connectivity index is 1.49. The summed E-state index contributed by atoms with van der Waals surface area (Å²) < 4.78 is 5.25. The highest BCUT2D eigenvalue weighted by Crippen LogP contribution is 2.35. The first-order valence-corrected chi connectivity index (χ1v) is 11.7. The molecule has 0 saturated carbocycles. The molecule has 0 bridgehead atoms. The average molecular weight is 446 g/mol. The SMILES string of the molecule is COc1ccc(-c2nccnc2C(=O)N2CCCC2c2nc3c(SC)cccc3[nH]2)cc1. The summed E-state index contributed by atoms with van der Waals surface area (Å²) in [5.41, 5.74) is 3.69. The van der Waals surface area contributed by atoms with Crippen molar-refractivity contribution in [3.8, 4) is 17.0 Å². The normalized spacial score (nSPS) is 15.9. The van der Waals surface area contributed by atoms with Gasteiger partial charge in [-0.2, -0.15) is 0 Å². The van der Waals surface area contributed by atoms with E-state index in [9.17, 15) is 4.79 Å². The number of H-pyrrole nitrogens is 1. The van der Waals surface area contributed by atoms with Crippen LogP contribution in [-0.4, -0.2) is 50.7 Å². The van der Waals surface area contributed by atoms with Crippen molar-refractivity contribution in [3.05, 3.63) is 66.4 Å². The number of methoxy groups -OCH3 is 1. The fourth-order valence-electron chi connectivity index (χ4n) is 4.23. The molecule has 1 N–H and O–H groups in total. The summed E-state index contributed by atoms with van der Waals surface area (Å²) in [5, 5.41) is 0. The molecular weight excluding hydrogens is 422 g/mol. The van der Waals surface area contributed by atoms with Gasteiger partial charge in [-0.05, 0) is 55.5 Å². The molecule has 1 unspecified atom stereocenters. The van der Waals surface area contributed by atoms with Gasteiger partial charge in [0.1, 0.15) is 22.8 Å². The van der Waals surface area contributed by atoms with Crippen LogP contribution in [0.25, 0.3) is 22.3 Å². The van der Waals surface area contributed by atoms with Crippen LogP contribution in [0.15, 0.2) is 59.8 Å². The summed E-state index contributed by atoms with van der Waals surface area (Å²) in [6.45, 7) is 0.661. The highest BCUT2D eigenvalue weighted by atomic mass is 32.2. The van der Waals surface area contributed by atoms with Crippen LogP contribution in [0.3, 0.4) is 0 Å². The predicted molar refractivity (Wildman–Crippen MR) is 125 cm³/mol. The Hall–Kier alpha value is -3.39. The lowest BCUT2D eigenvalue weighted by Crippen LogP contribution is -2.32. The van der Waals surface area contributed by atoms with Crippen molar-refractivity contribution < 1.29 is 9.53 Å². The zero-order valence-corrected chi connectivity index (χ0v) is 18.7. The topological polar surface area (TPSA) is 84.0 Å². The zero-order valence-electron chi connectivity index (χ0n) is 17.9. The summed E-state index contributed by atoms with van der Waals surface area (Å²) in [5.74, 6) is 1.44. The van der Waals surface area contributed by atoms with Crippen LogP contribution in [0.2, 0.25) is 0 Å². The van der Waals surface area contributed by atoms with E-state index in [0.29, 0.717) is 17.9 Å². The molecule has 1 amide bonds. The maximum Gasteiger partial charge on any atom is 0.275 e. The lowest BCUT2D eigenvalue weighted by atomic mass is 10.1. The first-order valence-electron chi connectivity index (χ1n) is 10.5. The number of thioether (sulfide) groups is 1. The van der Waals surface area contributed by atoms with Crippen molar-refractivity contribution in [2.75, 3.05) is 19.9 Å². The van der Waals surface area contributed by atoms with E-state index in [-0.39, 0.29) is 11.9 Å². The number of benzene rings is 2. The molecule has 3 heterocycles. The third kappa shape index (κ3) is 3.60. The molecule has 2 aromatic heterocycles. The number of nitrogens with zero attached hydrogens (tertiary/aromatic N) is 4. The predicted octanol–water partition coefficient (Wildman–Crippen LogP) is 4.73. The number of carbonyl (C=O) groups is 1. The Morgan fingerprint density at radius 2 is 1.97 bits per heavy atom. The number of nitrogens with one attached hydrogen (secondary N) is 1. The number of imidazole rings is 1. The van der Waals surface area contributed by atoms with Gasteiger partial charge >= 0.3 is 0 Å². The summed E-state index contributed by atoms with van der Waals surface area (Å²) >= 11 is 1.67. The molecule has 162 valence electrons. The number of aromatic amines is 1. The van der Waals surface area contributed by atoms with Crippen LogP contribution in [0.4, 0.5) is 0 Å². The number of aromatic nitrogens is 4. The first kappa shape index (κ1) is 20.5. The van der Waals surface area contributed by atoms with Gasteiger partial charge in [0.05, 0.1) is 18.7 Å². The molecule has 0 aliphatic carbocycles. The smallest absolute Gasteiger partial charge is 0.275 e. The Kier molecular flexibility index (Phi) is 5.53. The van der Waals surface area contributed by atoms with Gasteiger partial charge in [-0.1, -0.05) is 6.07 Å². The lowest BCUT2D eigenvalue weighted by molar-refractivity contribution is 0.0725. The van der Waals surface area contributed by atoms with Crippen LogP contribution in [0, 0.1) is 0 Å². The third-order valence-corrected chi connectivity index (χ3v) is 6.58. The summed E-state index contributed by atoms with van der Waals surface area (Å²) in [6.07, 6.45) is 7.00. The van der Waals surface area contributed by atoms with Gasteiger partial charge in [-0.3, -0.25) is 9.78 Å². The van der Waals surface area contributed by atoms with Crippen molar-refractivity contribution in [3.63, 3.8) is 0 Å². The van der Waals surface area contributed by atoms with Crippen LogP contribution in [0.1, 0.15) is 35.2 Å². The Labute approximate surface area is 190 Å². The van der Waals surface area contributed by atoms with E-state index in [4.69, 9.17) is 9.72 Å². The number of amides is 1. The Bertz CT molecular complexity index is 1270. The quantitative estimate of drug-likeness (QED) is 0.447. The third-order valence-electron chi connectivity index (χ3n) is 5.81. The van der Waals surface area contributed by atoms with E-state index in [1.54, 1.807) is 31.3 Å². The molecule has 5 rings (SSSR count). The largest absolute Gasteiger partial charge is 0.497 e. The number of fused-ring (bicyclic) bond motifs is 1. The van der Waals surface area contributed by atoms with Gasteiger partial charge in [0.15, 0.2) is 5.69 Å². The first-order chi connectivity index (χ1) is 15.7. The van der Waals surface area contributed by atoms with Crippen molar-refractivity contribution in [1.29, 1.82) is 0 Å². The molecule has 1 aliphatic rings. The van der Waals surface area contributed by atoms with Crippen LogP contribution in [-0.2, 0) is 0 Å². The lowest BCUT2D eigenvalue weighted by Gasteiger charge is -2.23. The summed E-state index contributed by atoms with van der Waals surface area (Å²) in [7, 11) is 1.63. The highest BCUT2D eigenvalue weighted by molar-refractivity contribution is 7.98. The molecule has 0 spiro atoms. The number of ether oxygens (including phenoxy) is 1. The number of carbonyl (C=O) groups excluding carboxylic acids is 1. The highest BCUT2D eigenvalue weighted by Gasteiger charge is 2.34. The number of hydrogen-bond donors (Lipinski definition) is 1. The van der Waals surface area contributed by atoms with E-state index in [1.165, 1.54) is 0 Å². The maximum atomic E-state index is 13.6. The minimum Gasteiger partial charge on any atom is -0.497 e. The number of rotatable bonds is 5. The molecule has 7 nitrogen and oxygen atoms in total.